The van der Waals surface area contributed by atoms with Crippen molar-refractivity contribution in [2.45, 2.75) is 96.4 Å². The largest absolute Gasteiger partial charge is 0.393 e. The number of aryl methyl sites for hydroxylation is 1. The van der Waals surface area contributed by atoms with E-state index in [9.17, 15) is 14.7 Å². The zero-order chi connectivity index (χ0) is 32.0. The maximum atomic E-state index is 13.8. The van der Waals surface area contributed by atoms with E-state index in [-0.39, 0.29) is 35.4 Å². The first-order valence-electron chi connectivity index (χ1n) is 17.3. The normalized spacial score (nSPS) is 24.6. The molecule has 3 aromatic rings. The Balaban J connectivity index is 1.11. The van der Waals surface area contributed by atoms with Crippen molar-refractivity contribution in [2.75, 3.05) is 32.7 Å². The van der Waals surface area contributed by atoms with Crippen LogP contribution in [0.5, 0.6) is 0 Å². The lowest BCUT2D eigenvalue weighted by atomic mass is 9.71. The van der Waals surface area contributed by atoms with Gasteiger partial charge in [0.1, 0.15) is 10.3 Å². The minimum Gasteiger partial charge on any atom is -0.393 e. The van der Waals surface area contributed by atoms with Crippen molar-refractivity contribution >= 4 is 33.5 Å². The Kier molecular flexibility index (Phi) is 8.91. The Morgan fingerprint density at radius 3 is 2.72 bits per heavy atom. The van der Waals surface area contributed by atoms with Gasteiger partial charge in [-0.1, -0.05) is 44.2 Å². The highest BCUT2D eigenvalue weighted by Crippen LogP contribution is 2.38. The van der Waals surface area contributed by atoms with Crippen molar-refractivity contribution in [2.24, 2.45) is 11.3 Å². The molecule has 0 bridgehead atoms. The molecule has 0 radical (unpaired) electrons. The number of thiazole rings is 1. The summed E-state index contributed by atoms with van der Waals surface area (Å²) in [5.74, 6) is 0.473. The number of benzene rings is 1. The molecule has 7 rings (SSSR count). The van der Waals surface area contributed by atoms with Crippen LogP contribution in [0.3, 0.4) is 0 Å². The molecule has 1 aromatic carbocycles. The van der Waals surface area contributed by atoms with Gasteiger partial charge in [-0.25, -0.2) is 9.97 Å². The fraction of sp³-hybridized carbons (Fsp3) is 0.611. The van der Waals surface area contributed by atoms with Gasteiger partial charge in [-0.15, -0.1) is 0 Å². The van der Waals surface area contributed by atoms with Gasteiger partial charge in [-0.05, 0) is 98.6 Å². The summed E-state index contributed by atoms with van der Waals surface area (Å²) in [7, 11) is 0. The van der Waals surface area contributed by atoms with Gasteiger partial charge in [-0.2, -0.15) is 0 Å². The molecule has 5 heterocycles. The van der Waals surface area contributed by atoms with E-state index in [2.05, 4.69) is 42.4 Å². The monoisotopic (exact) mass is 644 g/mol. The number of aliphatic hydroxyl groups excluding tert-OH is 1. The molecule has 3 N–H and O–H groups in total. The summed E-state index contributed by atoms with van der Waals surface area (Å²) in [6.07, 6.45) is 7.10. The first-order valence-corrected chi connectivity index (χ1v) is 18.1. The highest BCUT2D eigenvalue weighted by Gasteiger charge is 2.40. The number of aromatic nitrogens is 2. The molecule has 3 aliphatic heterocycles. The van der Waals surface area contributed by atoms with Gasteiger partial charge in [-0.3, -0.25) is 9.59 Å². The number of piperidine rings is 1. The van der Waals surface area contributed by atoms with E-state index in [0.29, 0.717) is 29.0 Å². The molecule has 4 atom stereocenters. The smallest absolute Gasteiger partial charge is 0.280 e. The van der Waals surface area contributed by atoms with Crippen molar-refractivity contribution in [1.82, 2.24) is 30.4 Å². The van der Waals surface area contributed by atoms with Crippen LogP contribution >= 0.6 is 11.3 Å². The Bertz CT molecular complexity index is 1590. The average Bonchev–Trinajstić information content (AvgIpc) is 3.78. The molecule has 9 nitrogen and oxygen atoms in total. The van der Waals surface area contributed by atoms with E-state index < -0.39 is 0 Å². The summed E-state index contributed by atoms with van der Waals surface area (Å²) in [6, 6.07) is 10.4. The molecule has 3 unspecified atom stereocenters. The summed E-state index contributed by atoms with van der Waals surface area (Å²) in [4.78, 5) is 42.5. The van der Waals surface area contributed by atoms with Crippen LogP contribution in [0, 0.1) is 11.3 Å². The summed E-state index contributed by atoms with van der Waals surface area (Å²) in [6.45, 7) is 11.1. The minimum absolute atomic E-state index is 0.0723. The maximum absolute atomic E-state index is 13.8. The maximum Gasteiger partial charge on any atom is 0.280 e. The number of likely N-dealkylation sites (tertiary alicyclic amines) is 2. The quantitative estimate of drug-likeness (QED) is 0.341. The molecule has 0 saturated carbocycles. The van der Waals surface area contributed by atoms with Crippen molar-refractivity contribution in [3.05, 3.63) is 57.7 Å². The number of nitrogens with zero attached hydrogens (tertiary/aromatic N) is 4. The first-order chi connectivity index (χ1) is 22.1. The Morgan fingerprint density at radius 2 is 1.91 bits per heavy atom. The molecule has 246 valence electrons. The van der Waals surface area contributed by atoms with Crippen LogP contribution in [0.4, 0.5) is 0 Å². The van der Waals surface area contributed by atoms with Gasteiger partial charge in [0.2, 0.25) is 0 Å². The highest BCUT2D eigenvalue weighted by molar-refractivity contribution is 7.19. The van der Waals surface area contributed by atoms with Crippen LogP contribution in [0.25, 0.3) is 10.3 Å². The molecule has 10 heteroatoms. The number of hydrogen-bond donors (Lipinski definition) is 3. The molecular formula is C36H48N6O3S. The summed E-state index contributed by atoms with van der Waals surface area (Å²) in [5, 5.41) is 17.3. The molecule has 0 spiro atoms. The van der Waals surface area contributed by atoms with Gasteiger partial charge >= 0.3 is 0 Å². The summed E-state index contributed by atoms with van der Waals surface area (Å²) < 4.78 is 0. The second-order valence-electron chi connectivity index (χ2n) is 15.0. The Labute approximate surface area is 276 Å². The Hall–Kier alpha value is -2.92. The Morgan fingerprint density at radius 1 is 1.09 bits per heavy atom. The number of aliphatic hydroxyl groups is 1. The van der Waals surface area contributed by atoms with E-state index in [4.69, 9.17) is 9.97 Å². The zero-order valence-corrected chi connectivity index (χ0v) is 28.2. The zero-order valence-electron chi connectivity index (χ0n) is 27.4. The molecule has 46 heavy (non-hydrogen) atoms. The number of carbonyl (C=O) groups excluding carboxylic acids is 2. The van der Waals surface area contributed by atoms with Crippen LogP contribution in [0.15, 0.2) is 30.3 Å². The second kappa shape index (κ2) is 12.9. The van der Waals surface area contributed by atoms with Gasteiger partial charge in [0.25, 0.3) is 11.8 Å². The molecule has 2 aromatic heterocycles. The number of pyridine rings is 1. The summed E-state index contributed by atoms with van der Waals surface area (Å²) >= 11 is 1.36. The number of fused-ring (bicyclic) bond motifs is 3. The van der Waals surface area contributed by atoms with Gasteiger partial charge in [0.15, 0.2) is 5.01 Å². The summed E-state index contributed by atoms with van der Waals surface area (Å²) in [5.41, 5.74) is 5.06. The molecule has 2 amide bonds. The second-order valence-corrected chi connectivity index (χ2v) is 15.9. The molecule has 1 aliphatic carbocycles. The van der Waals surface area contributed by atoms with Crippen LogP contribution in [0.2, 0.25) is 0 Å². The van der Waals surface area contributed by atoms with Gasteiger partial charge < -0.3 is 25.5 Å². The lowest BCUT2D eigenvalue weighted by Gasteiger charge is -2.34. The standard InChI is InChI=1S/C36H48N6O3S/c1-36(2,3)25-7-8-27-24(20-25)21-30-33(39-27)46-34(40-30)32(44)38-28(12-17-41-15-10-26(43)11-16-41)22-5-4-6-23(19-22)35(45)42-18-13-29-31(42)9-14-37-29/h4-6,19,21,25-26,28-29,31,37,43H,7-18,20H2,1-3H3,(H,38,44)/t25-,28?,29?,31?/m0/s1. The van der Waals surface area contributed by atoms with Crippen molar-refractivity contribution < 1.29 is 14.7 Å². The third kappa shape index (κ3) is 6.59. The SMILES string of the molecule is CC(C)(C)[C@H]1CCc2nc3sc(C(=O)NC(CCN4CCC(O)CC4)c4cccc(C(=O)N5CCC6NCCC65)c4)nc3cc2C1. The topological polar surface area (TPSA) is 111 Å². The van der Waals surface area contributed by atoms with Gasteiger partial charge in [0.05, 0.1) is 12.1 Å². The van der Waals surface area contributed by atoms with Gasteiger partial charge in [0, 0.05) is 49.5 Å². The molecule has 4 aliphatic rings. The fourth-order valence-electron chi connectivity index (χ4n) is 8.02. The van der Waals surface area contributed by atoms with E-state index in [1.165, 1.54) is 16.9 Å². The fourth-order valence-corrected chi connectivity index (χ4v) is 8.86. The average molecular weight is 645 g/mol. The lowest BCUT2D eigenvalue weighted by molar-refractivity contribution is 0.0736. The van der Waals surface area contributed by atoms with Crippen LogP contribution in [0.1, 0.15) is 102 Å². The van der Waals surface area contributed by atoms with Crippen LogP contribution in [-0.2, 0) is 12.8 Å². The number of rotatable bonds is 7. The third-order valence-corrected chi connectivity index (χ3v) is 11.9. The number of nitrogens with one attached hydrogen (secondary N) is 2. The predicted molar refractivity (Wildman–Crippen MR) is 181 cm³/mol. The van der Waals surface area contributed by atoms with Crippen LogP contribution < -0.4 is 10.6 Å². The first kappa shape index (κ1) is 31.7. The molecule has 3 fully saturated rings. The van der Waals surface area contributed by atoms with E-state index in [1.54, 1.807) is 0 Å². The lowest BCUT2D eigenvalue weighted by Crippen LogP contribution is -2.39. The molecular weight excluding hydrogens is 597 g/mol. The van der Waals surface area contributed by atoms with E-state index >= 15 is 0 Å². The van der Waals surface area contributed by atoms with Crippen LogP contribution in [-0.4, -0.2) is 87.6 Å². The third-order valence-electron chi connectivity index (χ3n) is 11.0. The number of hydrogen-bond acceptors (Lipinski definition) is 8. The highest BCUT2D eigenvalue weighted by atomic mass is 32.1. The van der Waals surface area contributed by atoms with Crippen molar-refractivity contribution in [3.8, 4) is 0 Å². The minimum atomic E-state index is -0.285. The van der Waals surface area contributed by atoms with E-state index in [1.807, 2.05) is 29.2 Å². The van der Waals surface area contributed by atoms with Crippen molar-refractivity contribution in [3.63, 3.8) is 0 Å². The number of amides is 2. The van der Waals surface area contributed by atoms with E-state index in [0.717, 1.165) is 99.3 Å². The predicted octanol–water partition coefficient (Wildman–Crippen LogP) is 4.74. The van der Waals surface area contributed by atoms with Crippen molar-refractivity contribution in [1.29, 1.82) is 0 Å². The number of carbonyl (C=O) groups is 2. The molecule has 3 saturated heterocycles.